The molecule has 0 saturated carbocycles. The second-order valence-corrected chi connectivity index (χ2v) is 5.10. The molecular formula is C16H9F4N3O3. The van der Waals surface area contributed by atoms with Crippen molar-refractivity contribution in [1.82, 2.24) is 4.98 Å². The molecule has 0 atom stereocenters. The van der Waals surface area contributed by atoms with Crippen molar-refractivity contribution in [3.63, 3.8) is 0 Å². The molecule has 0 spiro atoms. The van der Waals surface area contributed by atoms with Gasteiger partial charge in [-0.3, -0.25) is 4.79 Å². The molecule has 0 radical (unpaired) electrons. The molecule has 0 bridgehead atoms. The van der Waals surface area contributed by atoms with Gasteiger partial charge < -0.3 is 9.73 Å². The van der Waals surface area contributed by atoms with E-state index >= 15 is 0 Å². The maximum Gasteiger partial charge on any atom is 0.419 e. The molecule has 3 amide bonds. The standard InChI is InChI=1S/C16H9F4N3O3/c17-12-3-2-10(6-11(12)16(18,19)20)23(8-24)15(25)22-9-1-4-13-14(5-9)26-7-21-13/h1-8H,(H,22,25). The lowest BCUT2D eigenvalue weighted by Crippen LogP contribution is -2.34. The molecule has 0 aliphatic rings. The number of hydrogen-bond donors (Lipinski definition) is 1. The van der Waals surface area contributed by atoms with Crippen LogP contribution in [0, 0.1) is 5.82 Å². The van der Waals surface area contributed by atoms with E-state index in [2.05, 4.69) is 10.3 Å². The average Bonchev–Trinajstić information content (AvgIpc) is 3.03. The highest BCUT2D eigenvalue weighted by Crippen LogP contribution is 2.33. The van der Waals surface area contributed by atoms with Crippen LogP contribution in [-0.4, -0.2) is 17.4 Å². The summed E-state index contributed by atoms with van der Waals surface area (Å²) in [5.74, 6) is -1.51. The number of benzene rings is 2. The molecule has 1 heterocycles. The molecule has 0 aliphatic heterocycles. The number of carbonyl (C=O) groups is 2. The summed E-state index contributed by atoms with van der Waals surface area (Å²) in [6, 6.07) is 5.20. The van der Waals surface area contributed by atoms with Crippen molar-refractivity contribution in [1.29, 1.82) is 0 Å². The van der Waals surface area contributed by atoms with E-state index in [0.29, 0.717) is 28.1 Å². The van der Waals surface area contributed by atoms with Crippen LogP contribution in [0.25, 0.3) is 11.1 Å². The molecule has 0 fully saturated rings. The monoisotopic (exact) mass is 367 g/mol. The van der Waals surface area contributed by atoms with Crippen LogP contribution < -0.4 is 10.2 Å². The Morgan fingerprint density at radius 1 is 1.19 bits per heavy atom. The maximum atomic E-state index is 13.4. The molecule has 26 heavy (non-hydrogen) atoms. The summed E-state index contributed by atoms with van der Waals surface area (Å²) in [6.45, 7) is 0. The van der Waals surface area contributed by atoms with E-state index in [1.54, 1.807) is 6.07 Å². The van der Waals surface area contributed by atoms with Crippen molar-refractivity contribution in [3.05, 3.63) is 54.2 Å². The normalized spacial score (nSPS) is 11.4. The summed E-state index contributed by atoms with van der Waals surface area (Å²) in [6.07, 6.45) is -3.75. The van der Waals surface area contributed by atoms with Crippen molar-refractivity contribution >= 4 is 34.9 Å². The Morgan fingerprint density at radius 3 is 2.65 bits per heavy atom. The Labute approximate surface area is 143 Å². The number of oxazole rings is 1. The van der Waals surface area contributed by atoms with Crippen LogP contribution in [0.1, 0.15) is 5.56 Å². The van der Waals surface area contributed by atoms with Gasteiger partial charge in [0.1, 0.15) is 11.3 Å². The summed E-state index contributed by atoms with van der Waals surface area (Å²) < 4.78 is 56.8. The lowest BCUT2D eigenvalue weighted by atomic mass is 10.1. The fraction of sp³-hybridized carbons (Fsp3) is 0.0625. The third-order valence-electron chi connectivity index (χ3n) is 3.44. The largest absolute Gasteiger partial charge is 0.443 e. The predicted octanol–water partition coefficient (Wildman–Crippen LogP) is 4.18. The minimum absolute atomic E-state index is 0.0235. The Bertz CT molecular complexity index is 984. The molecule has 0 unspecified atom stereocenters. The predicted molar refractivity (Wildman–Crippen MR) is 83.0 cm³/mol. The molecule has 3 aromatic rings. The lowest BCUT2D eigenvalue weighted by molar-refractivity contribution is -0.140. The van der Waals surface area contributed by atoms with Gasteiger partial charge in [0.05, 0.1) is 11.3 Å². The minimum atomic E-state index is -4.97. The summed E-state index contributed by atoms with van der Waals surface area (Å²) in [5, 5.41) is 2.34. The van der Waals surface area contributed by atoms with Gasteiger partial charge in [-0.1, -0.05) is 0 Å². The number of urea groups is 1. The molecule has 134 valence electrons. The van der Waals surface area contributed by atoms with Gasteiger partial charge in [-0.15, -0.1) is 0 Å². The maximum absolute atomic E-state index is 13.4. The molecule has 0 saturated heterocycles. The Kier molecular flexibility index (Phi) is 4.33. The first-order valence-electron chi connectivity index (χ1n) is 7.05. The molecule has 10 heteroatoms. The van der Waals surface area contributed by atoms with Gasteiger partial charge in [-0.25, -0.2) is 19.1 Å². The number of imide groups is 1. The number of anilines is 2. The van der Waals surface area contributed by atoms with Crippen LogP contribution in [0.2, 0.25) is 0 Å². The summed E-state index contributed by atoms with van der Waals surface area (Å²) in [7, 11) is 0. The fourth-order valence-electron chi connectivity index (χ4n) is 2.22. The van der Waals surface area contributed by atoms with E-state index in [9.17, 15) is 27.2 Å². The van der Waals surface area contributed by atoms with Gasteiger partial charge in [0.25, 0.3) is 0 Å². The number of nitrogens with one attached hydrogen (secondary N) is 1. The SMILES string of the molecule is O=CN(C(=O)Nc1ccc2ncoc2c1)c1ccc(F)c(C(F)(F)F)c1. The second-order valence-electron chi connectivity index (χ2n) is 5.10. The number of fused-ring (bicyclic) bond motifs is 1. The van der Waals surface area contributed by atoms with Gasteiger partial charge in [-0.2, -0.15) is 13.2 Å². The number of halogens is 4. The fourth-order valence-corrected chi connectivity index (χ4v) is 2.22. The summed E-state index contributed by atoms with van der Waals surface area (Å²) >= 11 is 0. The number of amides is 3. The first-order valence-corrected chi connectivity index (χ1v) is 7.05. The lowest BCUT2D eigenvalue weighted by Gasteiger charge is -2.18. The van der Waals surface area contributed by atoms with E-state index in [1.165, 1.54) is 18.5 Å². The zero-order chi connectivity index (χ0) is 18.9. The van der Waals surface area contributed by atoms with Crippen molar-refractivity contribution in [2.24, 2.45) is 0 Å². The highest BCUT2D eigenvalue weighted by Gasteiger charge is 2.35. The highest BCUT2D eigenvalue weighted by molar-refractivity contribution is 6.12. The topological polar surface area (TPSA) is 75.4 Å². The van der Waals surface area contributed by atoms with Crippen LogP contribution in [0.3, 0.4) is 0 Å². The highest BCUT2D eigenvalue weighted by atomic mass is 19.4. The van der Waals surface area contributed by atoms with Crippen molar-refractivity contribution in [2.75, 3.05) is 10.2 Å². The van der Waals surface area contributed by atoms with Gasteiger partial charge >= 0.3 is 12.2 Å². The molecule has 3 rings (SSSR count). The van der Waals surface area contributed by atoms with Crippen molar-refractivity contribution in [3.8, 4) is 0 Å². The Balaban J connectivity index is 1.88. The number of nitrogens with zero attached hydrogens (tertiary/aromatic N) is 2. The van der Waals surface area contributed by atoms with Crippen LogP contribution in [0.4, 0.5) is 33.7 Å². The average molecular weight is 367 g/mol. The van der Waals surface area contributed by atoms with E-state index in [4.69, 9.17) is 4.42 Å². The van der Waals surface area contributed by atoms with Gasteiger partial charge in [-0.05, 0) is 30.3 Å². The quantitative estimate of drug-likeness (QED) is 0.557. The van der Waals surface area contributed by atoms with Gasteiger partial charge in [0, 0.05) is 11.8 Å². The van der Waals surface area contributed by atoms with E-state index in [-0.39, 0.29) is 12.1 Å². The number of aromatic nitrogens is 1. The zero-order valence-electron chi connectivity index (χ0n) is 12.7. The van der Waals surface area contributed by atoms with Crippen LogP contribution in [0.5, 0.6) is 0 Å². The van der Waals surface area contributed by atoms with Crippen LogP contribution in [-0.2, 0) is 11.0 Å². The number of rotatable bonds is 3. The van der Waals surface area contributed by atoms with Crippen molar-refractivity contribution < 1.29 is 31.6 Å². The second kappa shape index (κ2) is 6.47. The van der Waals surface area contributed by atoms with E-state index in [1.807, 2.05) is 0 Å². The van der Waals surface area contributed by atoms with Crippen molar-refractivity contribution in [2.45, 2.75) is 6.18 Å². The van der Waals surface area contributed by atoms with E-state index in [0.717, 1.165) is 6.07 Å². The van der Waals surface area contributed by atoms with Crippen LogP contribution in [0.15, 0.2) is 47.2 Å². The third-order valence-corrected chi connectivity index (χ3v) is 3.44. The van der Waals surface area contributed by atoms with Gasteiger partial charge in [0.2, 0.25) is 6.41 Å². The number of hydrogen-bond acceptors (Lipinski definition) is 4. The zero-order valence-corrected chi connectivity index (χ0v) is 12.7. The summed E-state index contributed by atoms with van der Waals surface area (Å²) in [5.41, 5.74) is -0.904. The van der Waals surface area contributed by atoms with E-state index < -0.39 is 29.3 Å². The number of carbonyl (C=O) groups excluding carboxylic acids is 2. The van der Waals surface area contributed by atoms with Gasteiger partial charge in [0.15, 0.2) is 12.0 Å². The first kappa shape index (κ1) is 17.4. The van der Waals surface area contributed by atoms with Crippen LogP contribution >= 0.6 is 0 Å². The molecule has 0 aliphatic carbocycles. The summed E-state index contributed by atoms with van der Waals surface area (Å²) in [4.78, 5) is 27.7. The third kappa shape index (κ3) is 3.34. The first-order chi connectivity index (χ1) is 12.3. The molecule has 1 N–H and O–H groups in total. The molecule has 1 aromatic heterocycles. The Morgan fingerprint density at radius 2 is 1.96 bits per heavy atom. The number of alkyl halides is 3. The molecule has 2 aromatic carbocycles. The smallest absolute Gasteiger partial charge is 0.419 e. The molecule has 6 nitrogen and oxygen atoms in total. The Hall–Kier alpha value is -3.43. The molecular weight excluding hydrogens is 358 g/mol. The minimum Gasteiger partial charge on any atom is -0.443 e.